The molecule has 0 N–H and O–H groups in total. The van der Waals surface area contributed by atoms with Gasteiger partial charge in [-0.05, 0) is 56.2 Å². The van der Waals surface area contributed by atoms with Gasteiger partial charge in [-0.25, -0.2) is 0 Å². The highest BCUT2D eigenvalue weighted by molar-refractivity contribution is 5.28. The first-order chi connectivity index (χ1) is 10.1. The highest BCUT2D eigenvalue weighted by atomic mass is 16.5. The maximum absolute atomic E-state index is 6.40. The van der Waals surface area contributed by atoms with E-state index in [2.05, 4.69) is 56.2 Å². The Morgan fingerprint density at radius 1 is 1.29 bits per heavy atom. The Balaban J connectivity index is 1.82. The van der Waals surface area contributed by atoms with E-state index in [4.69, 9.17) is 4.74 Å². The fourth-order valence-corrected chi connectivity index (χ4v) is 4.96. The molecule has 2 nitrogen and oxygen atoms in total. The lowest BCUT2D eigenvalue weighted by molar-refractivity contribution is -0.0718. The molecule has 0 radical (unpaired) electrons. The van der Waals surface area contributed by atoms with E-state index in [1.165, 1.54) is 31.4 Å². The summed E-state index contributed by atoms with van der Waals surface area (Å²) < 4.78 is 6.40. The molecule has 2 heteroatoms. The Hall–Kier alpha value is -1.02. The van der Waals surface area contributed by atoms with Crippen LogP contribution in [0.15, 0.2) is 36.1 Å². The number of hydrogen-bond acceptors (Lipinski definition) is 2. The molecule has 6 atom stereocenters. The van der Waals surface area contributed by atoms with Crippen molar-refractivity contribution in [3.8, 4) is 0 Å². The molecule has 0 amide bonds. The van der Waals surface area contributed by atoms with Gasteiger partial charge in [-0.2, -0.15) is 0 Å². The molecule has 1 fully saturated rings. The van der Waals surface area contributed by atoms with Gasteiger partial charge in [0, 0.05) is 11.5 Å². The largest absolute Gasteiger partial charge is 0.476 e. The molecule has 114 valence electrons. The Labute approximate surface area is 128 Å². The van der Waals surface area contributed by atoms with Crippen LogP contribution in [0.3, 0.4) is 0 Å². The fourth-order valence-electron chi connectivity index (χ4n) is 4.96. The molecule has 0 aromatic heterocycles. The molecule has 1 saturated heterocycles. The van der Waals surface area contributed by atoms with E-state index in [0.29, 0.717) is 11.8 Å². The first-order valence-electron chi connectivity index (χ1n) is 8.60. The second-order valence-corrected chi connectivity index (χ2v) is 7.53. The average molecular weight is 285 g/mol. The normalized spacial score (nSPS) is 49.7. The predicted octanol–water partition coefficient (Wildman–Crippen LogP) is 4.12. The Kier molecular flexibility index (Phi) is 3.08. The standard InChI is InChI=1S/C19H27NO/c1-4-14-11-19-10-9-16-15(12-19)6-7-17(16)21-18(20(19)3)8-5-13(14)2/h5,7-10,13-16,18H,4,6,11-12H2,1-3H3/b8-5-/t13?,14?,15?,16?,18-,19?/m0/s1. The highest BCUT2D eigenvalue weighted by Gasteiger charge is 2.49. The monoisotopic (exact) mass is 285 g/mol. The molecule has 5 rings (SSSR count). The number of allylic oxidation sites excluding steroid dienone is 3. The number of likely N-dealkylation sites (N-methyl/N-ethyl adjacent to an activating group) is 1. The topological polar surface area (TPSA) is 12.5 Å². The lowest BCUT2D eigenvalue weighted by atomic mass is 9.68. The molecule has 3 heterocycles. The zero-order valence-electron chi connectivity index (χ0n) is 13.5. The quantitative estimate of drug-likeness (QED) is 0.672. The fraction of sp³-hybridized carbons (Fsp3) is 0.684. The van der Waals surface area contributed by atoms with Gasteiger partial charge in [-0.1, -0.05) is 38.5 Å². The molecule has 1 spiro atoms. The van der Waals surface area contributed by atoms with Crippen LogP contribution in [0.2, 0.25) is 0 Å². The van der Waals surface area contributed by atoms with Gasteiger partial charge in [0.15, 0.2) is 6.23 Å². The first-order valence-corrected chi connectivity index (χ1v) is 8.60. The second-order valence-electron chi connectivity index (χ2n) is 7.53. The maximum Gasteiger partial charge on any atom is 0.171 e. The van der Waals surface area contributed by atoms with Gasteiger partial charge >= 0.3 is 0 Å². The van der Waals surface area contributed by atoms with E-state index in [1.54, 1.807) is 0 Å². The Morgan fingerprint density at radius 2 is 2.14 bits per heavy atom. The lowest BCUT2D eigenvalue weighted by Crippen LogP contribution is -2.56. The van der Waals surface area contributed by atoms with Crippen molar-refractivity contribution in [2.45, 2.75) is 51.3 Å². The van der Waals surface area contributed by atoms with Crippen LogP contribution in [-0.4, -0.2) is 23.7 Å². The van der Waals surface area contributed by atoms with Crippen molar-refractivity contribution in [3.05, 3.63) is 36.1 Å². The number of hydrogen-bond donors (Lipinski definition) is 0. The van der Waals surface area contributed by atoms with Crippen molar-refractivity contribution in [3.63, 3.8) is 0 Å². The molecule has 0 saturated carbocycles. The van der Waals surface area contributed by atoms with Crippen LogP contribution in [0, 0.1) is 23.7 Å². The van der Waals surface area contributed by atoms with E-state index in [9.17, 15) is 0 Å². The highest BCUT2D eigenvalue weighted by Crippen LogP contribution is 2.51. The Bertz CT molecular complexity index is 520. The summed E-state index contributed by atoms with van der Waals surface area (Å²) >= 11 is 0. The van der Waals surface area contributed by atoms with Crippen LogP contribution in [0.25, 0.3) is 0 Å². The summed E-state index contributed by atoms with van der Waals surface area (Å²) in [6, 6.07) is 0. The molecule has 0 aromatic carbocycles. The molecule has 3 aliphatic heterocycles. The van der Waals surface area contributed by atoms with Crippen molar-refractivity contribution in [2.24, 2.45) is 23.7 Å². The molecular formula is C19H27NO. The number of ether oxygens (including phenoxy) is 1. The van der Waals surface area contributed by atoms with Crippen molar-refractivity contribution in [1.82, 2.24) is 4.90 Å². The molecule has 21 heavy (non-hydrogen) atoms. The first kappa shape index (κ1) is 13.6. The third kappa shape index (κ3) is 1.95. The molecule has 5 bridgehead atoms. The van der Waals surface area contributed by atoms with Crippen molar-refractivity contribution < 1.29 is 4.74 Å². The van der Waals surface area contributed by atoms with E-state index in [0.717, 1.165) is 11.8 Å². The van der Waals surface area contributed by atoms with Gasteiger partial charge in [-0.3, -0.25) is 4.90 Å². The Morgan fingerprint density at radius 3 is 2.95 bits per heavy atom. The molecule has 5 aliphatic rings. The summed E-state index contributed by atoms with van der Waals surface area (Å²) in [5, 5.41) is 0. The molecule has 0 aromatic rings. The third-order valence-electron chi connectivity index (χ3n) is 6.49. The lowest BCUT2D eigenvalue weighted by Gasteiger charge is -2.52. The van der Waals surface area contributed by atoms with Crippen LogP contribution in [0.5, 0.6) is 0 Å². The molecule has 2 aliphatic carbocycles. The summed E-state index contributed by atoms with van der Waals surface area (Å²) in [6.45, 7) is 4.71. The van der Waals surface area contributed by atoms with Gasteiger partial charge in [0.2, 0.25) is 0 Å². The van der Waals surface area contributed by atoms with Crippen LogP contribution >= 0.6 is 0 Å². The molecular weight excluding hydrogens is 258 g/mol. The summed E-state index contributed by atoms with van der Waals surface area (Å²) in [4.78, 5) is 2.50. The van der Waals surface area contributed by atoms with E-state index in [-0.39, 0.29) is 11.8 Å². The summed E-state index contributed by atoms with van der Waals surface area (Å²) in [7, 11) is 2.26. The van der Waals surface area contributed by atoms with Crippen LogP contribution in [0.1, 0.15) is 39.5 Å². The van der Waals surface area contributed by atoms with Crippen LogP contribution in [0.4, 0.5) is 0 Å². The summed E-state index contributed by atoms with van der Waals surface area (Å²) in [6.07, 6.45) is 17.1. The average Bonchev–Trinajstić information content (AvgIpc) is 2.89. The smallest absolute Gasteiger partial charge is 0.171 e. The third-order valence-corrected chi connectivity index (χ3v) is 6.49. The predicted molar refractivity (Wildman–Crippen MR) is 85.5 cm³/mol. The minimum atomic E-state index is 0.100. The van der Waals surface area contributed by atoms with E-state index < -0.39 is 0 Å². The second kappa shape index (κ2) is 4.74. The van der Waals surface area contributed by atoms with Crippen LogP contribution < -0.4 is 0 Å². The molecule has 5 unspecified atom stereocenters. The van der Waals surface area contributed by atoms with E-state index >= 15 is 0 Å². The number of rotatable bonds is 1. The van der Waals surface area contributed by atoms with E-state index in [1.807, 2.05) is 0 Å². The SMILES string of the molecule is CCC1CC23C=CC4C(=CCC4C2)O[C@@H](/C=C\C1C)N3C. The zero-order valence-corrected chi connectivity index (χ0v) is 13.5. The van der Waals surface area contributed by atoms with Crippen molar-refractivity contribution >= 4 is 0 Å². The summed E-state index contributed by atoms with van der Waals surface area (Å²) in [5.41, 5.74) is 0.190. The van der Waals surface area contributed by atoms with Gasteiger partial charge < -0.3 is 4.74 Å². The summed E-state index contributed by atoms with van der Waals surface area (Å²) in [5.74, 6) is 3.92. The van der Waals surface area contributed by atoms with Gasteiger partial charge in [0.1, 0.15) is 5.76 Å². The zero-order chi connectivity index (χ0) is 14.6. The number of nitrogens with zero attached hydrogens (tertiary/aromatic N) is 1. The minimum absolute atomic E-state index is 0.100. The van der Waals surface area contributed by atoms with Crippen molar-refractivity contribution in [1.29, 1.82) is 0 Å². The maximum atomic E-state index is 6.40. The minimum Gasteiger partial charge on any atom is -0.476 e. The van der Waals surface area contributed by atoms with Gasteiger partial charge in [-0.15, -0.1) is 0 Å². The van der Waals surface area contributed by atoms with Gasteiger partial charge in [0.25, 0.3) is 0 Å². The van der Waals surface area contributed by atoms with Crippen LogP contribution in [-0.2, 0) is 4.74 Å². The van der Waals surface area contributed by atoms with Crippen molar-refractivity contribution in [2.75, 3.05) is 7.05 Å². The van der Waals surface area contributed by atoms with Gasteiger partial charge in [0.05, 0.1) is 0 Å².